The lowest BCUT2D eigenvalue weighted by Gasteiger charge is -2.20. The largest absolute Gasteiger partial charge is 0.391 e. The van der Waals surface area contributed by atoms with Crippen LogP contribution in [0.3, 0.4) is 0 Å². The van der Waals surface area contributed by atoms with E-state index in [0.717, 1.165) is 14.7 Å². The van der Waals surface area contributed by atoms with Crippen molar-refractivity contribution in [3.8, 4) is 0 Å². The van der Waals surface area contributed by atoms with Crippen molar-refractivity contribution in [1.82, 2.24) is 0 Å². The Morgan fingerprint density at radius 2 is 1.61 bits per heavy atom. The zero-order valence-electron chi connectivity index (χ0n) is 9.96. The maximum absolute atomic E-state index is 10.2. The predicted molar refractivity (Wildman–Crippen MR) is 82.2 cm³/mol. The van der Waals surface area contributed by atoms with E-state index in [4.69, 9.17) is 5.73 Å². The molecule has 0 bridgehead atoms. The van der Waals surface area contributed by atoms with Gasteiger partial charge >= 0.3 is 0 Å². The molecule has 0 unspecified atom stereocenters. The standard InChI is InChI=1S/C15H16INO/c16-13-9-5-4-8-12(13)15(17)14(18)10-11-6-2-1-3-7-11/h1-9,14-15,18H,10,17H2/t14-,15+/m1/s1. The topological polar surface area (TPSA) is 46.2 Å². The first kappa shape index (κ1) is 13.5. The molecule has 3 N–H and O–H groups in total. The molecule has 0 aliphatic rings. The Kier molecular flexibility index (Phi) is 4.74. The van der Waals surface area contributed by atoms with E-state index in [-0.39, 0.29) is 6.04 Å². The second kappa shape index (κ2) is 6.31. The van der Waals surface area contributed by atoms with Crippen molar-refractivity contribution in [3.63, 3.8) is 0 Å². The number of rotatable bonds is 4. The molecule has 3 heteroatoms. The molecule has 2 aromatic rings. The number of hydrogen-bond donors (Lipinski definition) is 2. The minimum absolute atomic E-state index is 0.349. The molecule has 0 aromatic heterocycles. The summed E-state index contributed by atoms with van der Waals surface area (Å²) >= 11 is 2.25. The lowest BCUT2D eigenvalue weighted by Crippen LogP contribution is -2.28. The van der Waals surface area contributed by atoms with Crippen molar-refractivity contribution < 1.29 is 5.11 Å². The van der Waals surface area contributed by atoms with E-state index in [9.17, 15) is 5.11 Å². The van der Waals surface area contributed by atoms with Gasteiger partial charge in [0.1, 0.15) is 0 Å². The van der Waals surface area contributed by atoms with Gasteiger partial charge in [-0.3, -0.25) is 0 Å². The van der Waals surface area contributed by atoms with E-state index in [1.54, 1.807) is 0 Å². The van der Waals surface area contributed by atoms with Crippen molar-refractivity contribution in [2.45, 2.75) is 18.6 Å². The van der Waals surface area contributed by atoms with Gasteiger partial charge in [0, 0.05) is 9.99 Å². The summed E-state index contributed by atoms with van der Waals surface area (Å²) in [6, 6.07) is 17.5. The van der Waals surface area contributed by atoms with Crippen LogP contribution >= 0.6 is 22.6 Å². The fourth-order valence-electron chi connectivity index (χ4n) is 1.94. The quantitative estimate of drug-likeness (QED) is 0.831. The molecule has 0 saturated heterocycles. The predicted octanol–water partition coefficient (Wildman–Crippen LogP) is 2.89. The zero-order chi connectivity index (χ0) is 13.0. The minimum Gasteiger partial charge on any atom is -0.391 e. The number of halogens is 1. The number of nitrogens with two attached hydrogens (primary N) is 1. The summed E-state index contributed by atoms with van der Waals surface area (Å²) in [7, 11) is 0. The van der Waals surface area contributed by atoms with Crippen LogP contribution in [0.25, 0.3) is 0 Å². The molecule has 2 rings (SSSR count). The first-order valence-corrected chi connectivity index (χ1v) is 6.98. The molecular weight excluding hydrogens is 337 g/mol. The molecule has 0 amide bonds. The summed E-state index contributed by atoms with van der Waals surface area (Å²) in [4.78, 5) is 0. The number of benzene rings is 2. The Hall–Kier alpha value is -0.910. The Balaban J connectivity index is 2.10. The van der Waals surface area contributed by atoms with Gasteiger partial charge in [-0.05, 0) is 39.8 Å². The molecule has 2 atom stereocenters. The second-order valence-corrected chi connectivity index (χ2v) is 5.47. The van der Waals surface area contributed by atoms with Gasteiger partial charge in [-0.1, -0.05) is 48.5 Å². The van der Waals surface area contributed by atoms with Gasteiger partial charge in [0.25, 0.3) is 0 Å². The molecule has 18 heavy (non-hydrogen) atoms. The van der Waals surface area contributed by atoms with Gasteiger partial charge in [-0.25, -0.2) is 0 Å². The van der Waals surface area contributed by atoms with Crippen LogP contribution in [0.5, 0.6) is 0 Å². The van der Waals surface area contributed by atoms with Crippen molar-refractivity contribution >= 4 is 22.6 Å². The monoisotopic (exact) mass is 353 g/mol. The lowest BCUT2D eigenvalue weighted by atomic mass is 9.97. The average Bonchev–Trinajstić information content (AvgIpc) is 2.39. The van der Waals surface area contributed by atoms with Gasteiger partial charge in [0.05, 0.1) is 12.1 Å². The van der Waals surface area contributed by atoms with E-state index in [0.29, 0.717) is 6.42 Å². The van der Waals surface area contributed by atoms with Crippen molar-refractivity contribution in [2.24, 2.45) is 5.73 Å². The molecule has 0 saturated carbocycles. The summed E-state index contributed by atoms with van der Waals surface area (Å²) in [6.45, 7) is 0. The molecule has 0 aliphatic carbocycles. The fourth-order valence-corrected chi connectivity index (χ4v) is 2.68. The molecule has 0 spiro atoms. The number of aliphatic hydroxyl groups excluding tert-OH is 1. The Morgan fingerprint density at radius 3 is 2.28 bits per heavy atom. The van der Waals surface area contributed by atoms with Crippen LogP contribution in [0.4, 0.5) is 0 Å². The maximum atomic E-state index is 10.2. The third-order valence-corrected chi connectivity index (χ3v) is 3.95. The van der Waals surface area contributed by atoms with Crippen molar-refractivity contribution in [2.75, 3.05) is 0 Å². The lowest BCUT2D eigenvalue weighted by molar-refractivity contribution is 0.145. The van der Waals surface area contributed by atoms with Crippen LogP contribution < -0.4 is 5.73 Å². The van der Waals surface area contributed by atoms with Gasteiger partial charge < -0.3 is 10.8 Å². The highest BCUT2D eigenvalue weighted by molar-refractivity contribution is 14.1. The van der Waals surface area contributed by atoms with Crippen LogP contribution in [0, 0.1) is 3.57 Å². The highest BCUT2D eigenvalue weighted by Gasteiger charge is 2.18. The Bertz CT molecular complexity index is 501. The highest BCUT2D eigenvalue weighted by Crippen LogP contribution is 2.22. The van der Waals surface area contributed by atoms with Crippen LogP contribution in [-0.2, 0) is 6.42 Å². The van der Waals surface area contributed by atoms with Gasteiger partial charge in [0.2, 0.25) is 0 Å². The molecule has 94 valence electrons. The normalized spacial score (nSPS) is 14.2. The third-order valence-electron chi connectivity index (χ3n) is 2.97. The second-order valence-electron chi connectivity index (χ2n) is 4.30. The van der Waals surface area contributed by atoms with E-state index in [2.05, 4.69) is 22.6 Å². The number of aliphatic hydroxyl groups is 1. The summed E-state index contributed by atoms with van der Waals surface area (Å²) in [6.07, 6.45) is 0.01000. The molecule has 0 fully saturated rings. The van der Waals surface area contributed by atoms with Crippen LogP contribution in [0.15, 0.2) is 54.6 Å². The Labute approximate surface area is 121 Å². The van der Waals surface area contributed by atoms with E-state index in [1.165, 1.54) is 0 Å². The van der Waals surface area contributed by atoms with E-state index >= 15 is 0 Å². The van der Waals surface area contributed by atoms with Crippen LogP contribution in [0.2, 0.25) is 0 Å². The van der Waals surface area contributed by atoms with Crippen LogP contribution in [-0.4, -0.2) is 11.2 Å². The SMILES string of the molecule is N[C@@H](c1ccccc1I)[C@H](O)Cc1ccccc1. The summed E-state index contributed by atoms with van der Waals surface area (Å²) in [5.41, 5.74) is 8.24. The third kappa shape index (κ3) is 3.31. The van der Waals surface area contributed by atoms with E-state index in [1.807, 2.05) is 54.6 Å². The smallest absolute Gasteiger partial charge is 0.0773 e. The first-order chi connectivity index (χ1) is 8.68. The van der Waals surface area contributed by atoms with Crippen molar-refractivity contribution in [3.05, 3.63) is 69.3 Å². The summed E-state index contributed by atoms with van der Waals surface area (Å²) in [5, 5.41) is 10.2. The fraction of sp³-hybridized carbons (Fsp3) is 0.200. The molecular formula is C15H16INO. The van der Waals surface area contributed by atoms with Gasteiger partial charge in [-0.15, -0.1) is 0 Å². The highest BCUT2D eigenvalue weighted by atomic mass is 127. The van der Waals surface area contributed by atoms with Crippen molar-refractivity contribution in [1.29, 1.82) is 0 Å². The van der Waals surface area contributed by atoms with Crippen LogP contribution in [0.1, 0.15) is 17.2 Å². The summed E-state index contributed by atoms with van der Waals surface area (Å²) < 4.78 is 1.09. The van der Waals surface area contributed by atoms with Gasteiger partial charge in [-0.2, -0.15) is 0 Å². The van der Waals surface area contributed by atoms with E-state index < -0.39 is 6.10 Å². The number of hydrogen-bond acceptors (Lipinski definition) is 2. The average molecular weight is 353 g/mol. The van der Waals surface area contributed by atoms with Gasteiger partial charge in [0.15, 0.2) is 0 Å². The summed E-state index contributed by atoms with van der Waals surface area (Å²) in [5.74, 6) is 0. The molecule has 0 aliphatic heterocycles. The zero-order valence-corrected chi connectivity index (χ0v) is 12.1. The maximum Gasteiger partial charge on any atom is 0.0773 e. The molecule has 0 radical (unpaired) electrons. The first-order valence-electron chi connectivity index (χ1n) is 5.90. The molecule has 2 aromatic carbocycles. The molecule has 2 nitrogen and oxygen atoms in total. The minimum atomic E-state index is -0.566. The Morgan fingerprint density at radius 1 is 1.00 bits per heavy atom. The molecule has 0 heterocycles.